The summed E-state index contributed by atoms with van der Waals surface area (Å²) in [6, 6.07) is 3.42. The van der Waals surface area contributed by atoms with Crippen molar-refractivity contribution in [2.75, 3.05) is 7.11 Å². The monoisotopic (exact) mass is 257 g/mol. The summed E-state index contributed by atoms with van der Waals surface area (Å²) in [4.78, 5) is 22.1. The van der Waals surface area contributed by atoms with Gasteiger partial charge in [0.2, 0.25) is 0 Å². The molecular formula is C11H12ClNO4. The molecule has 1 aromatic carbocycles. The number of ether oxygens (including phenoxy) is 1. The van der Waals surface area contributed by atoms with E-state index in [2.05, 4.69) is 4.74 Å². The third-order valence-corrected chi connectivity index (χ3v) is 2.48. The number of nitrogens with two attached hydrogens (primary N) is 1. The highest BCUT2D eigenvalue weighted by atomic mass is 35.5. The lowest BCUT2D eigenvalue weighted by Gasteiger charge is -2.11. The van der Waals surface area contributed by atoms with Crippen molar-refractivity contribution in [1.82, 2.24) is 0 Å². The molecule has 3 N–H and O–H groups in total. The standard InChI is InChI=1S/C11H12ClNO4/c1-17-11(16)9(13)5-6-4-7(12)2-3-8(6)10(14)15/h2-4,9H,5,13H2,1H3,(H,14,15)/t9-/m1/s1. The van der Waals surface area contributed by atoms with Crippen molar-refractivity contribution >= 4 is 23.5 Å². The van der Waals surface area contributed by atoms with E-state index in [0.717, 1.165) is 0 Å². The molecule has 5 nitrogen and oxygen atoms in total. The molecule has 0 aliphatic carbocycles. The maximum atomic E-state index is 11.2. The Bertz CT molecular complexity index is 447. The van der Waals surface area contributed by atoms with Gasteiger partial charge < -0.3 is 15.6 Å². The van der Waals surface area contributed by atoms with Gasteiger partial charge in [0.1, 0.15) is 6.04 Å². The molecule has 0 unspecified atom stereocenters. The molecule has 17 heavy (non-hydrogen) atoms. The Hall–Kier alpha value is -1.59. The van der Waals surface area contributed by atoms with E-state index >= 15 is 0 Å². The van der Waals surface area contributed by atoms with Crippen LogP contribution in [0.15, 0.2) is 18.2 Å². The maximum Gasteiger partial charge on any atom is 0.335 e. The fourth-order valence-electron chi connectivity index (χ4n) is 1.41. The summed E-state index contributed by atoms with van der Waals surface area (Å²) in [5, 5.41) is 9.36. The minimum absolute atomic E-state index is 0.0644. The summed E-state index contributed by atoms with van der Waals surface area (Å²) < 4.78 is 4.47. The number of esters is 1. The van der Waals surface area contributed by atoms with E-state index in [4.69, 9.17) is 22.4 Å². The van der Waals surface area contributed by atoms with E-state index < -0.39 is 18.0 Å². The fraction of sp³-hybridized carbons (Fsp3) is 0.273. The van der Waals surface area contributed by atoms with Gasteiger partial charge in [-0.2, -0.15) is 0 Å². The second-order valence-corrected chi connectivity index (χ2v) is 3.88. The molecule has 1 aromatic rings. The van der Waals surface area contributed by atoms with Crippen molar-refractivity contribution in [3.05, 3.63) is 34.3 Å². The van der Waals surface area contributed by atoms with Crippen molar-refractivity contribution in [1.29, 1.82) is 0 Å². The number of rotatable bonds is 4. The van der Waals surface area contributed by atoms with Gasteiger partial charge in [0.15, 0.2) is 0 Å². The first-order valence-corrected chi connectivity index (χ1v) is 5.18. The number of methoxy groups -OCH3 is 1. The van der Waals surface area contributed by atoms with Crippen LogP contribution in [0.25, 0.3) is 0 Å². The molecule has 1 rings (SSSR count). The number of halogens is 1. The summed E-state index contributed by atoms with van der Waals surface area (Å²) in [5.74, 6) is -1.69. The number of hydrogen-bond donors (Lipinski definition) is 2. The van der Waals surface area contributed by atoms with Crippen molar-refractivity contribution in [2.24, 2.45) is 5.73 Å². The molecule has 0 saturated carbocycles. The predicted octanol–water partition coefficient (Wildman–Crippen LogP) is 1.08. The van der Waals surface area contributed by atoms with E-state index in [9.17, 15) is 9.59 Å². The Balaban J connectivity index is 3.00. The first-order chi connectivity index (χ1) is 7.95. The van der Waals surface area contributed by atoms with Gasteiger partial charge >= 0.3 is 11.9 Å². The van der Waals surface area contributed by atoms with Gasteiger partial charge in [0, 0.05) is 5.02 Å². The first kappa shape index (κ1) is 13.5. The zero-order valence-electron chi connectivity index (χ0n) is 9.14. The van der Waals surface area contributed by atoms with Crippen LogP contribution in [-0.4, -0.2) is 30.2 Å². The number of carboxylic acid groups (broad SMARTS) is 1. The van der Waals surface area contributed by atoms with Crippen molar-refractivity contribution in [3.63, 3.8) is 0 Å². The zero-order chi connectivity index (χ0) is 13.0. The van der Waals surface area contributed by atoms with Crippen LogP contribution in [-0.2, 0) is 16.0 Å². The largest absolute Gasteiger partial charge is 0.478 e. The summed E-state index contributed by atoms with van der Waals surface area (Å²) in [6.07, 6.45) is 0.0644. The number of hydrogen-bond acceptors (Lipinski definition) is 4. The Morgan fingerprint density at radius 3 is 2.71 bits per heavy atom. The predicted molar refractivity (Wildman–Crippen MR) is 62.1 cm³/mol. The van der Waals surface area contributed by atoms with E-state index in [1.54, 1.807) is 0 Å². The Labute approximate surface area is 103 Å². The van der Waals surface area contributed by atoms with Gasteiger partial charge in [-0.1, -0.05) is 11.6 Å². The van der Waals surface area contributed by atoms with Gasteiger partial charge in [-0.05, 0) is 30.2 Å². The number of carbonyl (C=O) groups is 2. The van der Waals surface area contributed by atoms with E-state index in [-0.39, 0.29) is 12.0 Å². The molecule has 1 atom stereocenters. The molecule has 0 aliphatic heterocycles. The molecule has 0 saturated heterocycles. The Morgan fingerprint density at radius 1 is 1.53 bits per heavy atom. The Morgan fingerprint density at radius 2 is 2.18 bits per heavy atom. The molecular weight excluding hydrogens is 246 g/mol. The smallest absolute Gasteiger partial charge is 0.335 e. The third-order valence-electron chi connectivity index (χ3n) is 2.24. The van der Waals surface area contributed by atoms with Crippen LogP contribution >= 0.6 is 11.6 Å². The molecule has 0 fully saturated rings. The van der Waals surface area contributed by atoms with Gasteiger partial charge in [-0.15, -0.1) is 0 Å². The highest BCUT2D eigenvalue weighted by Crippen LogP contribution is 2.17. The topological polar surface area (TPSA) is 89.6 Å². The lowest BCUT2D eigenvalue weighted by molar-refractivity contribution is -0.142. The van der Waals surface area contributed by atoms with Crippen LogP contribution in [0.1, 0.15) is 15.9 Å². The molecule has 0 bridgehead atoms. The molecule has 0 amide bonds. The van der Waals surface area contributed by atoms with Crippen molar-refractivity contribution < 1.29 is 19.4 Å². The van der Waals surface area contributed by atoms with Crippen molar-refractivity contribution in [3.8, 4) is 0 Å². The highest BCUT2D eigenvalue weighted by Gasteiger charge is 2.18. The first-order valence-electron chi connectivity index (χ1n) is 4.81. The maximum absolute atomic E-state index is 11.2. The van der Waals surface area contributed by atoms with Gasteiger partial charge in [-0.25, -0.2) is 4.79 Å². The van der Waals surface area contributed by atoms with Crippen LogP contribution in [0.4, 0.5) is 0 Å². The lowest BCUT2D eigenvalue weighted by Crippen LogP contribution is -2.34. The van der Waals surface area contributed by atoms with Crippen LogP contribution in [0.2, 0.25) is 5.02 Å². The molecule has 0 aromatic heterocycles. The summed E-state index contributed by atoms with van der Waals surface area (Å²) >= 11 is 5.77. The molecule has 0 heterocycles. The minimum atomic E-state index is -1.09. The second kappa shape index (κ2) is 5.65. The number of carbonyl (C=O) groups excluding carboxylic acids is 1. The van der Waals surface area contributed by atoms with E-state index in [1.807, 2.05) is 0 Å². The number of benzene rings is 1. The molecule has 0 spiro atoms. The van der Waals surface area contributed by atoms with Crippen LogP contribution in [0, 0.1) is 0 Å². The number of aromatic carboxylic acids is 1. The Kier molecular flexibility index (Phi) is 4.48. The third kappa shape index (κ3) is 3.44. The van der Waals surface area contributed by atoms with Gasteiger partial charge in [0.05, 0.1) is 12.7 Å². The van der Waals surface area contributed by atoms with Crippen LogP contribution < -0.4 is 5.73 Å². The normalized spacial score (nSPS) is 11.9. The zero-order valence-corrected chi connectivity index (χ0v) is 9.90. The molecule has 92 valence electrons. The molecule has 6 heteroatoms. The van der Waals surface area contributed by atoms with Gasteiger partial charge in [-0.3, -0.25) is 4.79 Å². The number of carboxylic acids is 1. The summed E-state index contributed by atoms with van der Waals surface area (Å²) in [7, 11) is 1.22. The quantitative estimate of drug-likeness (QED) is 0.788. The van der Waals surface area contributed by atoms with E-state index in [0.29, 0.717) is 10.6 Å². The average molecular weight is 258 g/mol. The summed E-state index contributed by atoms with van der Waals surface area (Å²) in [5.41, 5.74) is 6.05. The molecule has 0 radical (unpaired) electrons. The highest BCUT2D eigenvalue weighted by molar-refractivity contribution is 6.30. The SMILES string of the molecule is COC(=O)[C@H](N)Cc1cc(Cl)ccc1C(=O)O. The molecule has 0 aliphatic rings. The van der Waals surface area contributed by atoms with Gasteiger partial charge in [0.25, 0.3) is 0 Å². The van der Waals surface area contributed by atoms with Crippen LogP contribution in [0.3, 0.4) is 0 Å². The fourth-order valence-corrected chi connectivity index (χ4v) is 1.61. The second-order valence-electron chi connectivity index (χ2n) is 3.44. The van der Waals surface area contributed by atoms with Crippen LogP contribution in [0.5, 0.6) is 0 Å². The average Bonchev–Trinajstić information content (AvgIpc) is 2.27. The van der Waals surface area contributed by atoms with E-state index in [1.165, 1.54) is 25.3 Å². The minimum Gasteiger partial charge on any atom is -0.478 e. The van der Waals surface area contributed by atoms with Crippen molar-refractivity contribution in [2.45, 2.75) is 12.5 Å². The summed E-state index contributed by atoms with van der Waals surface area (Å²) in [6.45, 7) is 0. The lowest BCUT2D eigenvalue weighted by atomic mass is 10.0.